The second-order valence-electron chi connectivity index (χ2n) is 5.93. The average Bonchev–Trinajstić information content (AvgIpc) is 2.72. The number of rotatable bonds is 5. The van der Waals surface area contributed by atoms with Gasteiger partial charge in [0.05, 0.1) is 5.02 Å². The predicted octanol–water partition coefficient (Wildman–Crippen LogP) is 5.09. The molecule has 3 N–H and O–H groups in total. The van der Waals surface area contributed by atoms with Crippen LogP contribution in [0, 0.1) is 11.3 Å². The molecule has 0 bridgehead atoms. The Morgan fingerprint density at radius 1 is 1.03 bits per heavy atom. The minimum atomic E-state index is -0.632. The van der Waals surface area contributed by atoms with E-state index in [4.69, 9.17) is 16.3 Å². The molecule has 144 valence electrons. The van der Waals surface area contributed by atoms with Crippen molar-refractivity contribution in [2.45, 2.75) is 0 Å². The first kappa shape index (κ1) is 19.8. The number of aromatic hydroxyl groups is 2. The largest absolute Gasteiger partial charge is 0.504 e. The number of amides is 1. The number of phenols is 2. The van der Waals surface area contributed by atoms with Crippen molar-refractivity contribution in [2.75, 3.05) is 5.32 Å². The number of nitrogens with zero attached hydrogens (tertiary/aromatic N) is 1. The summed E-state index contributed by atoms with van der Waals surface area (Å²) >= 11 is 5.79. The van der Waals surface area contributed by atoms with Crippen LogP contribution in [0.1, 0.15) is 5.56 Å². The summed E-state index contributed by atoms with van der Waals surface area (Å²) in [4.78, 5) is 12.4. The van der Waals surface area contributed by atoms with Crippen molar-refractivity contribution in [1.82, 2.24) is 0 Å². The summed E-state index contributed by atoms with van der Waals surface area (Å²) in [6.07, 6.45) is 1.26. The standard InChI is InChI=1S/C22H15ClN2O4/c23-19-11-14(12-20(26)21(19)27)10-15(13-24)22(28)25-16-6-8-18(9-7-16)29-17-4-2-1-3-5-17/h1-12,26-27H,(H,25,28)/b15-10+. The van der Waals surface area contributed by atoms with Crippen molar-refractivity contribution in [2.24, 2.45) is 0 Å². The van der Waals surface area contributed by atoms with Gasteiger partial charge in [-0.25, -0.2) is 0 Å². The Morgan fingerprint density at radius 2 is 1.69 bits per heavy atom. The van der Waals surface area contributed by atoms with Crippen LogP contribution >= 0.6 is 11.6 Å². The van der Waals surface area contributed by atoms with Gasteiger partial charge in [0.25, 0.3) is 5.91 Å². The number of halogens is 1. The van der Waals surface area contributed by atoms with E-state index in [1.165, 1.54) is 18.2 Å². The summed E-state index contributed by atoms with van der Waals surface area (Å²) in [5.41, 5.74) is 0.572. The number of nitrogens with one attached hydrogen (secondary N) is 1. The minimum Gasteiger partial charge on any atom is -0.504 e. The molecule has 0 aliphatic heterocycles. The number of hydrogen-bond acceptors (Lipinski definition) is 5. The molecule has 6 nitrogen and oxygen atoms in total. The Bertz CT molecular complexity index is 1080. The van der Waals surface area contributed by atoms with Crippen molar-refractivity contribution >= 4 is 29.3 Å². The topological polar surface area (TPSA) is 103 Å². The molecular weight excluding hydrogens is 392 g/mol. The van der Waals surface area contributed by atoms with Gasteiger partial charge in [-0.2, -0.15) is 5.26 Å². The number of nitriles is 1. The second-order valence-corrected chi connectivity index (χ2v) is 6.34. The van der Waals surface area contributed by atoms with E-state index < -0.39 is 17.4 Å². The third kappa shape index (κ3) is 5.06. The highest BCUT2D eigenvalue weighted by atomic mass is 35.5. The van der Waals surface area contributed by atoms with Crippen LogP contribution < -0.4 is 10.1 Å². The molecule has 0 aromatic heterocycles. The van der Waals surface area contributed by atoms with Gasteiger partial charge >= 0.3 is 0 Å². The van der Waals surface area contributed by atoms with Crippen LogP contribution in [0.2, 0.25) is 5.02 Å². The zero-order valence-electron chi connectivity index (χ0n) is 15.0. The highest BCUT2D eigenvalue weighted by molar-refractivity contribution is 6.32. The lowest BCUT2D eigenvalue weighted by Crippen LogP contribution is -2.13. The first-order valence-corrected chi connectivity index (χ1v) is 8.81. The number of para-hydroxylation sites is 1. The van der Waals surface area contributed by atoms with Crippen LogP contribution in [0.4, 0.5) is 5.69 Å². The van der Waals surface area contributed by atoms with Crippen LogP contribution in [0.3, 0.4) is 0 Å². The van der Waals surface area contributed by atoms with Crippen molar-refractivity contribution in [1.29, 1.82) is 5.26 Å². The van der Waals surface area contributed by atoms with E-state index in [0.29, 0.717) is 22.7 Å². The van der Waals surface area contributed by atoms with Gasteiger partial charge in [0.15, 0.2) is 11.5 Å². The molecule has 29 heavy (non-hydrogen) atoms. The van der Waals surface area contributed by atoms with Gasteiger partial charge in [-0.15, -0.1) is 0 Å². The number of phenolic OH excluding ortho intramolecular Hbond substituents is 2. The SMILES string of the molecule is N#C/C(=C\c1cc(O)c(O)c(Cl)c1)C(=O)Nc1ccc(Oc2ccccc2)cc1. The monoisotopic (exact) mass is 406 g/mol. The molecule has 0 aliphatic carbocycles. The molecule has 0 fully saturated rings. The fourth-order valence-electron chi connectivity index (χ4n) is 2.43. The smallest absolute Gasteiger partial charge is 0.266 e. The summed E-state index contributed by atoms with van der Waals surface area (Å²) in [6, 6.07) is 20.3. The van der Waals surface area contributed by atoms with Gasteiger partial charge in [-0.1, -0.05) is 29.8 Å². The Balaban J connectivity index is 1.72. The van der Waals surface area contributed by atoms with Gasteiger partial charge in [-0.05, 0) is 60.2 Å². The number of carbonyl (C=O) groups is 1. The van der Waals surface area contributed by atoms with E-state index in [1.54, 1.807) is 30.3 Å². The van der Waals surface area contributed by atoms with Gasteiger partial charge in [0.2, 0.25) is 0 Å². The summed E-state index contributed by atoms with van der Waals surface area (Å²) in [5, 5.41) is 30.9. The number of ether oxygens (including phenoxy) is 1. The Kier molecular flexibility index (Phi) is 6.03. The molecule has 0 saturated heterocycles. The Labute approximate surface area is 171 Å². The molecule has 1 amide bonds. The van der Waals surface area contributed by atoms with Crippen LogP contribution in [-0.2, 0) is 4.79 Å². The van der Waals surface area contributed by atoms with Crippen molar-refractivity contribution in [3.8, 4) is 29.1 Å². The zero-order chi connectivity index (χ0) is 20.8. The van der Waals surface area contributed by atoms with Crippen molar-refractivity contribution in [3.63, 3.8) is 0 Å². The van der Waals surface area contributed by atoms with E-state index in [0.717, 1.165) is 0 Å². The van der Waals surface area contributed by atoms with E-state index in [-0.39, 0.29) is 10.6 Å². The highest BCUT2D eigenvalue weighted by Gasteiger charge is 2.12. The van der Waals surface area contributed by atoms with Gasteiger partial charge in [-0.3, -0.25) is 4.79 Å². The lowest BCUT2D eigenvalue weighted by Gasteiger charge is -2.08. The van der Waals surface area contributed by atoms with Gasteiger partial charge < -0.3 is 20.3 Å². The molecule has 0 saturated carbocycles. The van der Waals surface area contributed by atoms with Crippen LogP contribution in [0.15, 0.2) is 72.3 Å². The summed E-state index contributed by atoms with van der Waals surface area (Å²) in [6.45, 7) is 0. The number of anilines is 1. The molecule has 7 heteroatoms. The second kappa shape index (κ2) is 8.83. The molecule has 3 aromatic carbocycles. The fraction of sp³-hybridized carbons (Fsp3) is 0. The molecule has 0 radical (unpaired) electrons. The maximum Gasteiger partial charge on any atom is 0.266 e. The maximum atomic E-state index is 12.4. The fourth-order valence-corrected chi connectivity index (χ4v) is 2.66. The lowest BCUT2D eigenvalue weighted by atomic mass is 10.1. The minimum absolute atomic E-state index is 0.0945. The molecule has 0 unspecified atom stereocenters. The zero-order valence-corrected chi connectivity index (χ0v) is 15.7. The third-order valence-corrected chi connectivity index (χ3v) is 4.12. The average molecular weight is 407 g/mol. The number of benzene rings is 3. The molecule has 0 aliphatic rings. The Morgan fingerprint density at radius 3 is 2.31 bits per heavy atom. The quantitative estimate of drug-likeness (QED) is 0.311. The number of hydrogen-bond donors (Lipinski definition) is 3. The highest BCUT2D eigenvalue weighted by Crippen LogP contribution is 2.34. The predicted molar refractivity (Wildman–Crippen MR) is 110 cm³/mol. The van der Waals surface area contributed by atoms with E-state index in [2.05, 4.69) is 5.32 Å². The van der Waals surface area contributed by atoms with E-state index in [9.17, 15) is 20.3 Å². The molecule has 0 spiro atoms. The van der Waals surface area contributed by atoms with Crippen molar-refractivity contribution in [3.05, 3.63) is 82.9 Å². The van der Waals surface area contributed by atoms with E-state index in [1.807, 2.05) is 30.3 Å². The summed E-state index contributed by atoms with van der Waals surface area (Å²) in [7, 11) is 0. The first-order valence-electron chi connectivity index (χ1n) is 8.44. The molecule has 0 atom stereocenters. The lowest BCUT2D eigenvalue weighted by molar-refractivity contribution is -0.112. The Hall–Kier alpha value is -3.95. The van der Waals surface area contributed by atoms with Crippen LogP contribution in [0.25, 0.3) is 6.08 Å². The third-order valence-electron chi connectivity index (χ3n) is 3.83. The number of carbonyl (C=O) groups excluding carboxylic acids is 1. The van der Waals surface area contributed by atoms with Crippen LogP contribution in [-0.4, -0.2) is 16.1 Å². The first-order chi connectivity index (χ1) is 14.0. The molecular formula is C22H15ClN2O4. The molecule has 0 heterocycles. The normalized spacial score (nSPS) is 10.8. The van der Waals surface area contributed by atoms with E-state index >= 15 is 0 Å². The summed E-state index contributed by atoms with van der Waals surface area (Å²) < 4.78 is 5.68. The maximum absolute atomic E-state index is 12.4. The molecule has 3 rings (SSSR count). The van der Waals surface area contributed by atoms with Crippen LogP contribution in [0.5, 0.6) is 23.0 Å². The van der Waals surface area contributed by atoms with Gasteiger partial charge in [0.1, 0.15) is 23.1 Å². The van der Waals surface area contributed by atoms with Gasteiger partial charge in [0, 0.05) is 5.69 Å². The summed E-state index contributed by atoms with van der Waals surface area (Å²) in [5.74, 6) is -0.262. The van der Waals surface area contributed by atoms with Crippen molar-refractivity contribution < 1.29 is 19.7 Å². The molecule has 3 aromatic rings.